The van der Waals surface area contributed by atoms with Crippen molar-refractivity contribution in [2.24, 2.45) is 0 Å². The van der Waals surface area contributed by atoms with Crippen LogP contribution in [0.5, 0.6) is 5.75 Å². The van der Waals surface area contributed by atoms with Crippen molar-refractivity contribution in [1.82, 2.24) is 4.90 Å². The van der Waals surface area contributed by atoms with Gasteiger partial charge >= 0.3 is 0 Å². The zero-order valence-electron chi connectivity index (χ0n) is 19.3. The number of nitrogens with two attached hydrogens (primary N) is 1. The van der Waals surface area contributed by atoms with Crippen molar-refractivity contribution >= 4 is 23.2 Å². The Kier molecular flexibility index (Phi) is 5.94. The molecule has 5 rings (SSSR count). The molecule has 1 aliphatic heterocycles. The topological polar surface area (TPSA) is 84.7 Å². The predicted molar refractivity (Wildman–Crippen MR) is 137 cm³/mol. The number of para-hydroxylation sites is 2. The highest BCUT2D eigenvalue weighted by Gasteiger charge is 2.29. The van der Waals surface area contributed by atoms with E-state index >= 15 is 0 Å². The highest BCUT2D eigenvalue weighted by molar-refractivity contribution is 6.05. The Morgan fingerprint density at radius 3 is 2.34 bits per heavy atom. The lowest BCUT2D eigenvalue weighted by atomic mass is 9.97. The van der Waals surface area contributed by atoms with E-state index < -0.39 is 0 Å². The molecule has 0 fully saturated rings. The van der Waals surface area contributed by atoms with Crippen LogP contribution in [0.3, 0.4) is 0 Å². The fraction of sp³-hybridized carbons (Fsp3) is 0.103. The molecule has 0 radical (unpaired) electrons. The van der Waals surface area contributed by atoms with Gasteiger partial charge in [0.15, 0.2) is 0 Å². The Morgan fingerprint density at radius 2 is 1.63 bits per heavy atom. The number of hydrogen-bond acceptors (Lipinski definition) is 4. The van der Waals surface area contributed by atoms with Crippen LogP contribution in [0, 0.1) is 0 Å². The number of fused-ring (bicyclic) bond motifs is 1. The molecule has 0 unspecified atom stereocenters. The first-order valence-electron chi connectivity index (χ1n) is 11.3. The van der Waals surface area contributed by atoms with Gasteiger partial charge in [0, 0.05) is 24.2 Å². The van der Waals surface area contributed by atoms with Crippen LogP contribution in [-0.2, 0) is 13.1 Å². The molecule has 2 amide bonds. The van der Waals surface area contributed by atoms with Gasteiger partial charge in [0.25, 0.3) is 11.8 Å². The number of ether oxygens (including phenoxy) is 1. The molecular weight excluding hydrogens is 438 g/mol. The summed E-state index contributed by atoms with van der Waals surface area (Å²) in [6, 6.07) is 28.1. The lowest BCUT2D eigenvalue weighted by Gasteiger charge is -2.16. The summed E-state index contributed by atoms with van der Waals surface area (Å²) in [5.41, 5.74) is 12.3. The van der Waals surface area contributed by atoms with E-state index in [1.807, 2.05) is 71.6 Å². The van der Waals surface area contributed by atoms with Crippen LogP contribution in [0.25, 0.3) is 11.1 Å². The number of hydrogen-bond donors (Lipinski definition) is 2. The SMILES string of the molecule is COc1ccc(-c2cccc3c2CN(Cc2ccc(C(=O)Nc4ccccc4N)cc2)C3=O)cc1. The van der Waals surface area contributed by atoms with Crippen molar-refractivity contribution in [3.05, 3.63) is 113 Å². The van der Waals surface area contributed by atoms with Crippen molar-refractivity contribution < 1.29 is 14.3 Å². The molecule has 6 nitrogen and oxygen atoms in total. The van der Waals surface area contributed by atoms with Crippen LogP contribution in [0.1, 0.15) is 31.8 Å². The van der Waals surface area contributed by atoms with Crippen molar-refractivity contribution in [3.63, 3.8) is 0 Å². The van der Waals surface area contributed by atoms with E-state index in [0.29, 0.717) is 30.0 Å². The molecule has 4 aromatic carbocycles. The minimum atomic E-state index is -0.233. The lowest BCUT2D eigenvalue weighted by Crippen LogP contribution is -2.23. The summed E-state index contributed by atoms with van der Waals surface area (Å²) in [7, 11) is 1.64. The number of carbonyl (C=O) groups excluding carboxylic acids is 2. The molecule has 35 heavy (non-hydrogen) atoms. The number of amides is 2. The van der Waals surface area contributed by atoms with Crippen LogP contribution in [-0.4, -0.2) is 23.8 Å². The molecule has 1 heterocycles. The average molecular weight is 464 g/mol. The van der Waals surface area contributed by atoms with Crippen molar-refractivity contribution in [2.75, 3.05) is 18.2 Å². The number of rotatable bonds is 6. The van der Waals surface area contributed by atoms with Gasteiger partial charge in [0.2, 0.25) is 0 Å². The molecule has 174 valence electrons. The van der Waals surface area contributed by atoms with E-state index in [2.05, 4.69) is 5.32 Å². The molecule has 3 N–H and O–H groups in total. The highest BCUT2D eigenvalue weighted by Crippen LogP contribution is 2.34. The number of nitrogens with zero attached hydrogens (tertiary/aromatic N) is 1. The van der Waals surface area contributed by atoms with E-state index in [9.17, 15) is 9.59 Å². The van der Waals surface area contributed by atoms with Gasteiger partial charge in [0.05, 0.1) is 18.5 Å². The molecule has 0 bridgehead atoms. The average Bonchev–Trinajstić information content (AvgIpc) is 3.21. The number of methoxy groups -OCH3 is 1. The van der Waals surface area contributed by atoms with Gasteiger partial charge in [0.1, 0.15) is 5.75 Å². The van der Waals surface area contributed by atoms with E-state index in [-0.39, 0.29) is 11.8 Å². The first-order chi connectivity index (χ1) is 17.0. The van der Waals surface area contributed by atoms with E-state index in [1.54, 1.807) is 31.4 Å². The van der Waals surface area contributed by atoms with Crippen molar-refractivity contribution in [1.29, 1.82) is 0 Å². The molecule has 0 aromatic heterocycles. The van der Waals surface area contributed by atoms with Crippen LogP contribution >= 0.6 is 0 Å². The second kappa shape index (κ2) is 9.35. The molecule has 4 aromatic rings. The summed E-state index contributed by atoms with van der Waals surface area (Å²) < 4.78 is 5.26. The van der Waals surface area contributed by atoms with Gasteiger partial charge < -0.3 is 20.7 Å². The first kappa shape index (κ1) is 22.2. The predicted octanol–water partition coefficient (Wildman–Crippen LogP) is 5.35. The van der Waals surface area contributed by atoms with Gasteiger partial charge in [-0.3, -0.25) is 9.59 Å². The monoisotopic (exact) mass is 463 g/mol. The molecule has 1 aliphatic rings. The molecule has 0 atom stereocenters. The maximum Gasteiger partial charge on any atom is 0.255 e. The highest BCUT2D eigenvalue weighted by atomic mass is 16.5. The molecule has 0 saturated heterocycles. The van der Waals surface area contributed by atoms with Gasteiger partial charge in [-0.05, 0) is 64.7 Å². The number of nitrogen functional groups attached to an aromatic ring is 1. The first-order valence-corrected chi connectivity index (χ1v) is 11.3. The van der Waals surface area contributed by atoms with Gasteiger partial charge in [-0.25, -0.2) is 0 Å². The second-order valence-corrected chi connectivity index (χ2v) is 8.46. The summed E-state index contributed by atoms with van der Waals surface area (Å²) in [6.45, 7) is 0.995. The van der Waals surface area contributed by atoms with Crippen molar-refractivity contribution in [3.8, 4) is 16.9 Å². The molecule has 0 aliphatic carbocycles. The number of carbonyl (C=O) groups is 2. The van der Waals surface area contributed by atoms with Crippen LogP contribution in [0.15, 0.2) is 91.0 Å². The summed E-state index contributed by atoms with van der Waals surface area (Å²) in [4.78, 5) is 27.6. The van der Waals surface area contributed by atoms with Crippen LogP contribution in [0.2, 0.25) is 0 Å². The zero-order valence-corrected chi connectivity index (χ0v) is 19.3. The standard InChI is InChI=1S/C29H25N3O3/c1-35-22-15-13-20(14-16-22)23-5-4-6-24-25(23)18-32(29(24)34)17-19-9-11-21(12-10-19)28(33)31-27-8-3-2-7-26(27)30/h2-16H,17-18,30H2,1H3,(H,31,33). The van der Waals surface area contributed by atoms with Gasteiger partial charge in [-0.1, -0.05) is 48.5 Å². The zero-order chi connectivity index (χ0) is 24.4. The van der Waals surface area contributed by atoms with Gasteiger partial charge in [-0.2, -0.15) is 0 Å². The van der Waals surface area contributed by atoms with E-state index in [4.69, 9.17) is 10.5 Å². The quantitative estimate of drug-likeness (QED) is 0.378. The maximum absolute atomic E-state index is 13.1. The van der Waals surface area contributed by atoms with E-state index in [0.717, 1.165) is 33.6 Å². The third-order valence-corrected chi connectivity index (χ3v) is 6.24. The maximum atomic E-state index is 13.1. The Labute approximate surface area is 204 Å². The van der Waals surface area contributed by atoms with E-state index in [1.165, 1.54) is 0 Å². The Bertz CT molecular complexity index is 1400. The Balaban J connectivity index is 1.30. The fourth-order valence-electron chi connectivity index (χ4n) is 4.35. The minimum Gasteiger partial charge on any atom is -0.497 e. The number of anilines is 2. The lowest BCUT2D eigenvalue weighted by molar-refractivity contribution is 0.0766. The fourth-order valence-corrected chi connectivity index (χ4v) is 4.35. The summed E-state index contributed by atoms with van der Waals surface area (Å²) in [5, 5.41) is 2.83. The van der Waals surface area contributed by atoms with Crippen LogP contribution in [0.4, 0.5) is 11.4 Å². The minimum absolute atomic E-state index is 0.0109. The van der Waals surface area contributed by atoms with Crippen LogP contribution < -0.4 is 15.8 Å². The molecule has 6 heteroatoms. The second-order valence-electron chi connectivity index (χ2n) is 8.46. The number of nitrogens with one attached hydrogen (secondary N) is 1. The normalized spacial score (nSPS) is 12.4. The third-order valence-electron chi connectivity index (χ3n) is 6.24. The largest absolute Gasteiger partial charge is 0.497 e. The smallest absolute Gasteiger partial charge is 0.255 e. The summed E-state index contributed by atoms with van der Waals surface area (Å²) in [6.07, 6.45) is 0. The Hall–Kier alpha value is -4.58. The molecule has 0 spiro atoms. The van der Waals surface area contributed by atoms with Gasteiger partial charge in [-0.15, -0.1) is 0 Å². The Morgan fingerprint density at radius 1 is 0.914 bits per heavy atom. The third kappa shape index (κ3) is 4.46. The van der Waals surface area contributed by atoms with Crippen molar-refractivity contribution in [2.45, 2.75) is 13.1 Å². The molecular formula is C29H25N3O3. The molecule has 0 saturated carbocycles. The summed E-state index contributed by atoms with van der Waals surface area (Å²) in [5.74, 6) is 0.573. The summed E-state index contributed by atoms with van der Waals surface area (Å²) >= 11 is 0. The number of benzene rings is 4.